The summed E-state index contributed by atoms with van der Waals surface area (Å²) in [7, 11) is 0. The molecule has 0 unspecified atom stereocenters. The highest BCUT2D eigenvalue weighted by atomic mass is 16.4. The fourth-order valence-electron chi connectivity index (χ4n) is 2.25. The number of anilines is 1. The van der Waals surface area contributed by atoms with Crippen LogP contribution in [0.3, 0.4) is 0 Å². The maximum atomic E-state index is 5.62. The first-order valence-electron chi connectivity index (χ1n) is 6.44. The standard InChI is InChI=1S/C16H12N2O2/c1-2-4-15-13(3-1)18-16(20-15)17-10-11-5-6-14-12(9-11)7-8-19-14/h1-9H,10H2,(H,17,18). The van der Waals surface area contributed by atoms with Gasteiger partial charge in [0.2, 0.25) is 0 Å². The second kappa shape index (κ2) is 4.42. The van der Waals surface area contributed by atoms with Gasteiger partial charge in [-0.15, -0.1) is 0 Å². The van der Waals surface area contributed by atoms with Gasteiger partial charge in [0.1, 0.15) is 11.1 Å². The largest absolute Gasteiger partial charge is 0.464 e. The Morgan fingerprint density at radius 1 is 1.00 bits per heavy atom. The first kappa shape index (κ1) is 11.1. The Morgan fingerprint density at radius 3 is 2.90 bits per heavy atom. The maximum absolute atomic E-state index is 5.62. The Morgan fingerprint density at radius 2 is 1.95 bits per heavy atom. The van der Waals surface area contributed by atoms with Gasteiger partial charge in [0.25, 0.3) is 6.01 Å². The number of rotatable bonds is 3. The van der Waals surface area contributed by atoms with Gasteiger partial charge in [0, 0.05) is 11.9 Å². The van der Waals surface area contributed by atoms with Crippen molar-refractivity contribution in [3.05, 3.63) is 60.4 Å². The van der Waals surface area contributed by atoms with Crippen LogP contribution >= 0.6 is 0 Å². The van der Waals surface area contributed by atoms with E-state index in [1.54, 1.807) is 6.26 Å². The number of nitrogens with zero attached hydrogens (tertiary/aromatic N) is 1. The van der Waals surface area contributed by atoms with Crippen LogP contribution in [0.25, 0.3) is 22.1 Å². The number of fused-ring (bicyclic) bond motifs is 2. The molecule has 0 fully saturated rings. The summed E-state index contributed by atoms with van der Waals surface area (Å²) in [5.41, 5.74) is 3.71. The van der Waals surface area contributed by atoms with Crippen molar-refractivity contribution in [2.75, 3.05) is 5.32 Å². The monoisotopic (exact) mass is 264 g/mol. The smallest absolute Gasteiger partial charge is 0.295 e. The van der Waals surface area contributed by atoms with Crippen LogP contribution in [0.4, 0.5) is 6.01 Å². The molecule has 0 bridgehead atoms. The van der Waals surface area contributed by atoms with Crippen LogP contribution in [0.15, 0.2) is 63.6 Å². The molecule has 0 aliphatic rings. The van der Waals surface area contributed by atoms with Crippen LogP contribution < -0.4 is 5.32 Å². The van der Waals surface area contributed by atoms with Crippen molar-refractivity contribution in [1.82, 2.24) is 4.98 Å². The van der Waals surface area contributed by atoms with E-state index >= 15 is 0 Å². The molecule has 0 atom stereocenters. The van der Waals surface area contributed by atoms with Gasteiger partial charge in [-0.1, -0.05) is 18.2 Å². The number of hydrogen-bond donors (Lipinski definition) is 1. The first-order chi connectivity index (χ1) is 9.88. The van der Waals surface area contributed by atoms with Gasteiger partial charge in [-0.05, 0) is 35.9 Å². The topological polar surface area (TPSA) is 51.2 Å². The summed E-state index contributed by atoms with van der Waals surface area (Å²) in [6, 6.07) is 16.3. The van der Waals surface area contributed by atoms with Crippen molar-refractivity contribution < 1.29 is 8.83 Å². The predicted octanol–water partition coefficient (Wildman–Crippen LogP) is 4.19. The number of para-hydroxylation sites is 2. The van der Waals surface area contributed by atoms with E-state index in [4.69, 9.17) is 8.83 Å². The van der Waals surface area contributed by atoms with E-state index in [0.29, 0.717) is 12.6 Å². The average molecular weight is 264 g/mol. The van der Waals surface area contributed by atoms with Gasteiger partial charge in [0.15, 0.2) is 5.58 Å². The normalized spacial score (nSPS) is 11.2. The highest BCUT2D eigenvalue weighted by Crippen LogP contribution is 2.20. The van der Waals surface area contributed by atoms with Crippen LogP contribution in [-0.2, 0) is 6.54 Å². The fraction of sp³-hybridized carbons (Fsp3) is 0.0625. The number of nitrogens with one attached hydrogen (secondary N) is 1. The molecule has 0 aliphatic heterocycles. The molecular formula is C16H12N2O2. The zero-order valence-corrected chi connectivity index (χ0v) is 10.7. The number of furan rings is 1. The second-order valence-electron chi connectivity index (χ2n) is 4.63. The van der Waals surface area contributed by atoms with Gasteiger partial charge in [-0.25, -0.2) is 0 Å². The quantitative estimate of drug-likeness (QED) is 0.603. The van der Waals surface area contributed by atoms with Crippen LogP contribution in [-0.4, -0.2) is 4.98 Å². The summed E-state index contributed by atoms with van der Waals surface area (Å²) in [5.74, 6) is 0. The van der Waals surface area contributed by atoms with Crippen molar-refractivity contribution in [3.8, 4) is 0 Å². The number of hydrogen-bond acceptors (Lipinski definition) is 4. The highest BCUT2D eigenvalue weighted by Gasteiger charge is 2.05. The van der Waals surface area contributed by atoms with Crippen LogP contribution in [0.5, 0.6) is 0 Å². The molecule has 1 N–H and O–H groups in total. The minimum atomic E-state index is 0.540. The third kappa shape index (κ3) is 1.91. The van der Waals surface area contributed by atoms with Crippen molar-refractivity contribution >= 4 is 28.1 Å². The Bertz CT molecular complexity index is 841. The molecule has 4 aromatic rings. The van der Waals surface area contributed by atoms with E-state index in [1.807, 2.05) is 42.5 Å². The lowest BCUT2D eigenvalue weighted by Gasteiger charge is -2.01. The molecule has 0 radical (unpaired) electrons. The van der Waals surface area contributed by atoms with E-state index in [0.717, 1.165) is 27.6 Å². The molecule has 2 heterocycles. The lowest BCUT2D eigenvalue weighted by molar-refractivity contribution is 0.614. The zero-order valence-electron chi connectivity index (χ0n) is 10.7. The molecule has 0 aliphatic carbocycles. The van der Waals surface area contributed by atoms with Crippen LogP contribution in [0.1, 0.15) is 5.56 Å². The molecule has 2 aromatic heterocycles. The third-order valence-corrected chi connectivity index (χ3v) is 3.25. The molecular weight excluding hydrogens is 252 g/mol. The van der Waals surface area contributed by atoms with Gasteiger partial charge < -0.3 is 14.2 Å². The summed E-state index contributed by atoms with van der Waals surface area (Å²) in [5, 5.41) is 4.30. The Balaban J connectivity index is 1.56. The minimum absolute atomic E-state index is 0.540. The third-order valence-electron chi connectivity index (χ3n) is 3.25. The molecule has 0 saturated heterocycles. The van der Waals surface area contributed by atoms with Crippen molar-refractivity contribution in [2.45, 2.75) is 6.54 Å². The average Bonchev–Trinajstić information content (AvgIpc) is 3.10. The van der Waals surface area contributed by atoms with Crippen molar-refractivity contribution in [1.29, 1.82) is 0 Å². The minimum Gasteiger partial charge on any atom is -0.464 e. The first-order valence-corrected chi connectivity index (χ1v) is 6.44. The van der Waals surface area contributed by atoms with E-state index in [9.17, 15) is 0 Å². The summed E-state index contributed by atoms with van der Waals surface area (Å²) >= 11 is 0. The predicted molar refractivity (Wildman–Crippen MR) is 77.5 cm³/mol. The molecule has 20 heavy (non-hydrogen) atoms. The Hall–Kier alpha value is -2.75. The van der Waals surface area contributed by atoms with Crippen molar-refractivity contribution in [3.63, 3.8) is 0 Å². The molecule has 4 rings (SSSR count). The van der Waals surface area contributed by atoms with Gasteiger partial charge in [-0.2, -0.15) is 4.98 Å². The Labute approximate surface area is 115 Å². The number of oxazole rings is 1. The SMILES string of the molecule is c1ccc2oc(NCc3ccc4occc4c3)nc2c1. The molecule has 2 aromatic carbocycles. The van der Waals surface area contributed by atoms with Crippen LogP contribution in [0, 0.1) is 0 Å². The van der Waals surface area contributed by atoms with Gasteiger partial charge in [-0.3, -0.25) is 0 Å². The van der Waals surface area contributed by atoms with Gasteiger partial charge >= 0.3 is 0 Å². The fourth-order valence-corrected chi connectivity index (χ4v) is 2.25. The van der Waals surface area contributed by atoms with Gasteiger partial charge in [0.05, 0.1) is 6.26 Å². The summed E-state index contributed by atoms with van der Waals surface area (Å²) in [4.78, 5) is 4.38. The van der Waals surface area contributed by atoms with E-state index in [2.05, 4.69) is 16.4 Å². The summed E-state index contributed by atoms with van der Waals surface area (Å²) < 4.78 is 10.9. The maximum Gasteiger partial charge on any atom is 0.295 e. The summed E-state index contributed by atoms with van der Waals surface area (Å²) in [6.07, 6.45) is 1.70. The molecule has 4 heteroatoms. The molecule has 0 saturated carbocycles. The second-order valence-corrected chi connectivity index (χ2v) is 4.63. The molecule has 4 nitrogen and oxygen atoms in total. The van der Waals surface area contributed by atoms with Crippen molar-refractivity contribution in [2.24, 2.45) is 0 Å². The number of aromatic nitrogens is 1. The lowest BCUT2D eigenvalue weighted by Crippen LogP contribution is -1.98. The lowest BCUT2D eigenvalue weighted by atomic mass is 10.1. The molecule has 98 valence electrons. The van der Waals surface area contributed by atoms with Crippen LogP contribution in [0.2, 0.25) is 0 Å². The molecule has 0 spiro atoms. The Kier molecular flexibility index (Phi) is 2.45. The summed E-state index contributed by atoms with van der Waals surface area (Å²) in [6.45, 7) is 0.661. The highest BCUT2D eigenvalue weighted by molar-refractivity contribution is 5.78. The van der Waals surface area contributed by atoms with E-state index in [-0.39, 0.29) is 0 Å². The number of benzene rings is 2. The zero-order chi connectivity index (χ0) is 13.4. The molecule has 0 amide bonds. The van der Waals surface area contributed by atoms with E-state index in [1.165, 1.54) is 0 Å². The van der Waals surface area contributed by atoms with E-state index < -0.39 is 0 Å².